The van der Waals surface area contributed by atoms with Crippen LogP contribution in [0.5, 0.6) is 0 Å². The summed E-state index contributed by atoms with van der Waals surface area (Å²) in [5, 5.41) is 0. The molecule has 1 heteroatoms. The second-order valence-electron chi connectivity index (χ2n) is 10.9. The van der Waals surface area contributed by atoms with Crippen molar-refractivity contribution >= 4 is 0 Å². The molecule has 0 N–H and O–H groups in total. The normalized spacial score (nSPS) is 41.0. The molecule has 0 aliphatic heterocycles. The second kappa shape index (κ2) is 13.6. The average molecular weight is 486 g/mol. The number of rotatable bonds is 0. The molecule has 6 saturated carbocycles. The molecule has 6 fully saturated rings. The summed E-state index contributed by atoms with van der Waals surface area (Å²) in [6.45, 7) is 27.6. The molecule has 8 unspecified atom stereocenters. The number of hydrogen-bond donors (Lipinski definition) is 0. The molecule has 8 atom stereocenters. The minimum absolute atomic E-state index is 0. The van der Waals surface area contributed by atoms with Crippen molar-refractivity contribution in [3.8, 4) is 0 Å². The zero-order chi connectivity index (χ0) is 20.4. The van der Waals surface area contributed by atoms with Gasteiger partial charge in [0.05, 0.1) is 0 Å². The van der Waals surface area contributed by atoms with Crippen LogP contribution in [0, 0.1) is 58.2 Å². The van der Waals surface area contributed by atoms with Gasteiger partial charge in [-0.25, -0.2) is 0 Å². The van der Waals surface area contributed by atoms with Crippen molar-refractivity contribution in [3.63, 3.8) is 0 Å². The van der Waals surface area contributed by atoms with Crippen LogP contribution >= 0.6 is 0 Å². The first kappa shape index (κ1) is 34.7. The van der Waals surface area contributed by atoms with Gasteiger partial charge in [0.1, 0.15) is 0 Å². The zero-order valence-corrected chi connectivity index (χ0v) is 23.9. The van der Waals surface area contributed by atoms with E-state index in [2.05, 4.69) is 55.4 Å². The van der Waals surface area contributed by atoms with Gasteiger partial charge in [0, 0.05) is 32.7 Å². The van der Waals surface area contributed by atoms with Crippen LogP contribution in [-0.2, 0) is 32.7 Å². The summed E-state index contributed by atoms with van der Waals surface area (Å²) in [6.07, 6.45) is 6.03. The molecule has 0 aromatic heterocycles. The molecule has 0 aromatic carbocycles. The van der Waals surface area contributed by atoms with Crippen LogP contribution in [-0.4, -0.2) is 0 Å². The standard InChI is InChI=1S/2C11H20.2C2H6.2CH4.Y/c2*1-7-5-9-6-10(8(7)2)11(9,3)4;2*1-2;;;/h2*7-10H,5-6H2,1-4H3;2*1-2H3;2*1H4;. The van der Waals surface area contributed by atoms with Gasteiger partial charge < -0.3 is 0 Å². The maximum atomic E-state index is 2.47. The van der Waals surface area contributed by atoms with Crippen molar-refractivity contribution in [1.29, 1.82) is 0 Å². The Hall–Kier alpha value is 1.10. The Labute approximate surface area is 213 Å². The Morgan fingerprint density at radius 2 is 0.759 bits per heavy atom. The predicted molar refractivity (Wildman–Crippen MR) is 133 cm³/mol. The van der Waals surface area contributed by atoms with Crippen LogP contribution in [0.25, 0.3) is 0 Å². The minimum atomic E-state index is 0. The topological polar surface area (TPSA) is 0 Å². The fourth-order valence-electron chi connectivity index (χ4n) is 6.82. The Balaban J connectivity index is -0.000000366. The van der Waals surface area contributed by atoms with Gasteiger partial charge in [-0.2, -0.15) is 0 Å². The van der Waals surface area contributed by atoms with Gasteiger partial charge in [-0.1, -0.05) is 97.9 Å². The molecular weight excluding hydrogens is 425 g/mol. The van der Waals surface area contributed by atoms with Crippen molar-refractivity contribution in [1.82, 2.24) is 0 Å². The van der Waals surface area contributed by atoms with Gasteiger partial charge in [0.25, 0.3) is 0 Å². The molecule has 0 aromatic rings. The summed E-state index contributed by atoms with van der Waals surface area (Å²) in [5.74, 6) is 8.13. The summed E-state index contributed by atoms with van der Waals surface area (Å²) in [7, 11) is 0. The Morgan fingerprint density at radius 1 is 0.517 bits per heavy atom. The van der Waals surface area contributed by atoms with E-state index in [1.807, 2.05) is 27.7 Å². The first-order chi connectivity index (χ1) is 12.1. The smallest absolute Gasteiger partial charge is 0 e. The fraction of sp³-hybridized carbons (Fsp3) is 1.00. The third-order valence-corrected chi connectivity index (χ3v) is 9.47. The summed E-state index contributed by atoms with van der Waals surface area (Å²) < 4.78 is 0. The van der Waals surface area contributed by atoms with Crippen molar-refractivity contribution < 1.29 is 32.7 Å². The van der Waals surface area contributed by atoms with Crippen LogP contribution in [0.4, 0.5) is 0 Å². The largest absolute Gasteiger partial charge is 0.0776 e. The molecule has 175 valence electrons. The maximum Gasteiger partial charge on any atom is 0 e. The predicted octanol–water partition coefficient (Wildman–Crippen LogP) is 9.97. The van der Waals surface area contributed by atoms with Gasteiger partial charge in [-0.3, -0.25) is 0 Å². The van der Waals surface area contributed by atoms with Crippen LogP contribution in [0.2, 0.25) is 0 Å². The maximum absolute atomic E-state index is 2.47. The van der Waals surface area contributed by atoms with Crippen molar-refractivity contribution in [3.05, 3.63) is 0 Å². The second-order valence-corrected chi connectivity index (χ2v) is 10.9. The molecule has 0 amide bonds. The third-order valence-electron chi connectivity index (χ3n) is 9.47. The summed E-state index contributed by atoms with van der Waals surface area (Å²) in [4.78, 5) is 0. The monoisotopic (exact) mass is 485 g/mol. The molecule has 4 bridgehead atoms. The summed E-state index contributed by atoms with van der Waals surface area (Å²) >= 11 is 0. The number of hydrogen-bond acceptors (Lipinski definition) is 0. The van der Waals surface area contributed by atoms with E-state index in [9.17, 15) is 0 Å². The van der Waals surface area contributed by atoms with Crippen molar-refractivity contribution in [2.24, 2.45) is 58.2 Å². The summed E-state index contributed by atoms with van der Waals surface area (Å²) in [6, 6.07) is 0. The zero-order valence-electron chi connectivity index (χ0n) is 21.0. The molecule has 6 rings (SSSR count). The molecule has 6 aliphatic carbocycles. The minimum Gasteiger partial charge on any atom is -0.0776 e. The molecule has 0 spiro atoms. The molecule has 0 saturated heterocycles. The van der Waals surface area contributed by atoms with Gasteiger partial charge in [0.2, 0.25) is 0 Å². The van der Waals surface area contributed by atoms with Gasteiger partial charge in [0.15, 0.2) is 0 Å². The molecule has 29 heavy (non-hydrogen) atoms. The van der Waals surface area contributed by atoms with Crippen LogP contribution in [0.1, 0.15) is 124 Å². The van der Waals surface area contributed by atoms with E-state index in [1.165, 1.54) is 25.7 Å². The first-order valence-electron chi connectivity index (χ1n) is 12.1. The van der Waals surface area contributed by atoms with Gasteiger partial charge in [-0.15, -0.1) is 0 Å². The molecule has 6 aliphatic rings. The van der Waals surface area contributed by atoms with Crippen molar-refractivity contribution in [2.75, 3.05) is 0 Å². The van der Waals surface area contributed by atoms with E-state index >= 15 is 0 Å². The van der Waals surface area contributed by atoms with E-state index in [0.29, 0.717) is 10.8 Å². The van der Waals surface area contributed by atoms with Gasteiger partial charge in [-0.05, 0) is 83.9 Å². The molecule has 0 heterocycles. The molecule has 0 nitrogen and oxygen atoms in total. The molecule has 1 radical (unpaired) electrons. The summed E-state index contributed by atoms with van der Waals surface area (Å²) in [5.41, 5.74) is 1.37. The van der Waals surface area contributed by atoms with E-state index < -0.39 is 0 Å². The van der Waals surface area contributed by atoms with Crippen LogP contribution < -0.4 is 0 Å². The van der Waals surface area contributed by atoms with E-state index in [-0.39, 0.29) is 47.6 Å². The first-order valence-corrected chi connectivity index (χ1v) is 12.1. The fourth-order valence-corrected chi connectivity index (χ4v) is 6.82. The van der Waals surface area contributed by atoms with Crippen LogP contribution in [0.15, 0.2) is 0 Å². The number of fused-ring (bicyclic) bond motifs is 4. The SMILES string of the molecule is C.C.CC.CC.CC1CC2CC(C1C)C2(C)C.CC1CC2CC(C1C)C2(C)C.[Y]. The van der Waals surface area contributed by atoms with E-state index in [0.717, 1.165) is 47.3 Å². The Morgan fingerprint density at radius 3 is 0.897 bits per heavy atom. The average Bonchev–Trinajstić information content (AvgIpc) is 2.62. The quantitative estimate of drug-likeness (QED) is 0.320. The Kier molecular flexibility index (Phi) is 16.3. The molecular formula is C28H60Y. The Bertz CT molecular complexity index is 384. The van der Waals surface area contributed by atoms with Crippen molar-refractivity contribution in [2.45, 2.75) is 124 Å². The van der Waals surface area contributed by atoms with E-state index in [4.69, 9.17) is 0 Å². The van der Waals surface area contributed by atoms with Gasteiger partial charge >= 0.3 is 0 Å². The third kappa shape index (κ3) is 6.56. The van der Waals surface area contributed by atoms with Crippen LogP contribution in [0.3, 0.4) is 0 Å². The van der Waals surface area contributed by atoms with E-state index in [1.54, 1.807) is 0 Å².